The first kappa shape index (κ1) is 10.9. The van der Waals surface area contributed by atoms with Crippen LogP contribution in [-0.2, 0) is 19.7 Å². The van der Waals surface area contributed by atoms with Gasteiger partial charge in [0.25, 0.3) is 0 Å². The van der Waals surface area contributed by atoms with Crippen LogP contribution in [0.4, 0.5) is 0 Å². The van der Waals surface area contributed by atoms with E-state index >= 15 is 0 Å². The van der Waals surface area contributed by atoms with Crippen molar-refractivity contribution in [2.45, 2.75) is 33.5 Å². The Balaban J connectivity index is 2.19. The highest BCUT2D eigenvalue weighted by molar-refractivity contribution is 5.10. The van der Waals surface area contributed by atoms with Gasteiger partial charge in [-0.25, -0.2) is 4.98 Å². The van der Waals surface area contributed by atoms with E-state index in [0.717, 1.165) is 24.5 Å². The molecule has 2 rings (SSSR count). The molecule has 0 aliphatic heterocycles. The summed E-state index contributed by atoms with van der Waals surface area (Å²) in [6.45, 7) is 5.65. The van der Waals surface area contributed by atoms with Crippen molar-refractivity contribution in [1.82, 2.24) is 19.3 Å². The summed E-state index contributed by atoms with van der Waals surface area (Å²) in [7, 11) is 0. The number of aliphatic hydroxyl groups excluding tert-OH is 1. The molecule has 0 saturated heterocycles. The van der Waals surface area contributed by atoms with Gasteiger partial charge in [-0.05, 0) is 19.9 Å². The Kier molecular flexibility index (Phi) is 3.05. The zero-order chi connectivity index (χ0) is 11.5. The molecule has 0 fully saturated rings. The van der Waals surface area contributed by atoms with Gasteiger partial charge >= 0.3 is 0 Å². The summed E-state index contributed by atoms with van der Waals surface area (Å²) in [6, 6.07) is 2.07. The number of hydrogen-bond donors (Lipinski definition) is 1. The van der Waals surface area contributed by atoms with Crippen molar-refractivity contribution in [3.8, 4) is 0 Å². The van der Waals surface area contributed by atoms with Crippen molar-refractivity contribution >= 4 is 0 Å². The van der Waals surface area contributed by atoms with E-state index in [9.17, 15) is 0 Å². The molecule has 0 radical (unpaired) electrons. The van der Waals surface area contributed by atoms with Crippen molar-refractivity contribution in [2.24, 2.45) is 0 Å². The van der Waals surface area contributed by atoms with E-state index < -0.39 is 0 Å². The van der Waals surface area contributed by atoms with Gasteiger partial charge in [-0.15, -0.1) is 0 Å². The summed E-state index contributed by atoms with van der Waals surface area (Å²) < 4.78 is 3.93. The molecule has 16 heavy (non-hydrogen) atoms. The maximum atomic E-state index is 8.93. The lowest BCUT2D eigenvalue weighted by atomic mass is 10.3. The fourth-order valence-electron chi connectivity index (χ4n) is 1.76. The summed E-state index contributed by atoms with van der Waals surface area (Å²) in [5.74, 6) is 0. The van der Waals surface area contributed by atoms with Crippen LogP contribution >= 0.6 is 0 Å². The van der Waals surface area contributed by atoms with Gasteiger partial charge in [0.1, 0.15) is 0 Å². The molecule has 0 unspecified atom stereocenters. The van der Waals surface area contributed by atoms with Gasteiger partial charge in [-0.3, -0.25) is 4.68 Å². The monoisotopic (exact) mass is 220 g/mol. The van der Waals surface area contributed by atoms with Crippen LogP contribution in [-0.4, -0.2) is 24.4 Å². The second kappa shape index (κ2) is 4.49. The minimum absolute atomic E-state index is 0.0148. The first-order valence-electron chi connectivity index (χ1n) is 5.37. The molecule has 86 valence electrons. The Labute approximate surface area is 94.4 Å². The Morgan fingerprint density at radius 1 is 1.44 bits per heavy atom. The van der Waals surface area contributed by atoms with Gasteiger partial charge in [0.2, 0.25) is 0 Å². The Morgan fingerprint density at radius 2 is 2.25 bits per heavy atom. The largest absolute Gasteiger partial charge is 0.390 e. The zero-order valence-corrected chi connectivity index (χ0v) is 9.59. The molecule has 0 atom stereocenters. The van der Waals surface area contributed by atoms with Crippen LogP contribution < -0.4 is 0 Å². The number of aryl methyl sites for hydroxylation is 2. The van der Waals surface area contributed by atoms with E-state index in [1.165, 1.54) is 0 Å². The number of aliphatic hydroxyl groups is 1. The Morgan fingerprint density at radius 3 is 2.88 bits per heavy atom. The molecule has 0 spiro atoms. The van der Waals surface area contributed by atoms with Gasteiger partial charge in [-0.1, -0.05) is 0 Å². The molecule has 1 N–H and O–H groups in total. The van der Waals surface area contributed by atoms with Crippen LogP contribution in [0.15, 0.2) is 18.6 Å². The molecule has 0 bridgehead atoms. The van der Waals surface area contributed by atoms with Gasteiger partial charge in [0.15, 0.2) is 0 Å². The molecule has 0 saturated carbocycles. The number of rotatable bonds is 4. The normalized spacial score (nSPS) is 10.9. The number of imidazole rings is 1. The molecule has 2 heterocycles. The van der Waals surface area contributed by atoms with Gasteiger partial charge in [0, 0.05) is 12.7 Å². The second-order valence-electron chi connectivity index (χ2n) is 3.79. The molecule has 0 amide bonds. The maximum absolute atomic E-state index is 8.93. The van der Waals surface area contributed by atoms with Crippen molar-refractivity contribution in [2.75, 3.05) is 0 Å². The quantitative estimate of drug-likeness (QED) is 0.834. The Bertz CT molecular complexity index is 472. The summed E-state index contributed by atoms with van der Waals surface area (Å²) in [4.78, 5) is 4.08. The predicted octanol–water partition coefficient (Wildman–Crippen LogP) is 0.949. The van der Waals surface area contributed by atoms with Crippen LogP contribution in [0, 0.1) is 6.92 Å². The number of aromatic nitrogens is 4. The van der Waals surface area contributed by atoms with Gasteiger partial charge < -0.3 is 9.67 Å². The second-order valence-corrected chi connectivity index (χ2v) is 3.79. The smallest absolute Gasteiger partial charge is 0.0954 e. The molecular formula is C11H16N4O. The topological polar surface area (TPSA) is 55.9 Å². The van der Waals surface area contributed by atoms with Crippen LogP contribution in [0.2, 0.25) is 0 Å². The minimum atomic E-state index is -0.0148. The third-order valence-corrected chi connectivity index (χ3v) is 2.48. The van der Waals surface area contributed by atoms with Gasteiger partial charge in [-0.2, -0.15) is 5.10 Å². The summed E-state index contributed by atoms with van der Waals surface area (Å²) >= 11 is 0. The molecule has 0 aliphatic rings. The lowest BCUT2D eigenvalue weighted by Gasteiger charge is -2.04. The van der Waals surface area contributed by atoms with Crippen LogP contribution in [0.3, 0.4) is 0 Å². The molecule has 2 aromatic heterocycles. The molecule has 5 heteroatoms. The SMILES string of the molecule is CCn1nc(C)cc1Cn1cnc(CO)c1. The van der Waals surface area contributed by atoms with E-state index in [1.807, 2.05) is 22.4 Å². The van der Waals surface area contributed by atoms with E-state index in [1.54, 1.807) is 6.33 Å². The fraction of sp³-hybridized carbons (Fsp3) is 0.455. The number of nitrogens with zero attached hydrogens (tertiary/aromatic N) is 4. The minimum Gasteiger partial charge on any atom is -0.390 e. The van der Waals surface area contributed by atoms with E-state index in [4.69, 9.17) is 5.11 Å². The van der Waals surface area contributed by atoms with E-state index in [0.29, 0.717) is 5.69 Å². The molecule has 2 aromatic rings. The highest BCUT2D eigenvalue weighted by Crippen LogP contribution is 2.07. The predicted molar refractivity (Wildman–Crippen MR) is 59.9 cm³/mol. The molecule has 0 aromatic carbocycles. The molecule has 0 aliphatic carbocycles. The summed E-state index contributed by atoms with van der Waals surface area (Å²) in [6.07, 6.45) is 3.58. The van der Waals surface area contributed by atoms with E-state index in [-0.39, 0.29) is 6.61 Å². The standard InChI is InChI=1S/C11H16N4O/c1-3-15-11(4-9(2)13-15)6-14-5-10(7-16)12-8-14/h4-5,8,16H,3,6-7H2,1-2H3. The van der Waals surface area contributed by atoms with Crippen molar-refractivity contribution < 1.29 is 5.11 Å². The molecule has 5 nitrogen and oxygen atoms in total. The maximum Gasteiger partial charge on any atom is 0.0954 e. The number of hydrogen-bond acceptors (Lipinski definition) is 3. The van der Waals surface area contributed by atoms with Crippen LogP contribution in [0.25, 0.3) is 0 Å². The van der Waals surface area contributed by atoms with Crippen molar-refractivity contribution in [1.29, 1.82) is 0 Å². The zero-order valence-electron chi connectivity index (χ0n) is 9.59. The molecular weight excluding hydrogens is 204 g/mol. The van der Waals surface area contributed by atoms with Crippen molar-refractivity contribution in [3.63, 3.8) is 0 Å². The first-order chi connectivity index (χ1) is 7.72. The summed E-state index contributed by atoms with van der Waals surface area (Å²) in [5.41, 5.74) is 2.88. The van der Waals surface area contributed by atoms with Crippen LogP contribution in [0.1, 0.15) is 24.0 Å². The summed E-state index contributed by atoms with van der Waals surface area (Å²) in [5, 5.41) is 13.3. The first-order valence-corrected chi connectivity index (χ1v) is 5.37. The third-order valence-electron chi connectivity index (χ3n) is 2.48. The average Bonchev–Trinajstić information content (AvgIpc) is 2.85. The highest BCUT2D eigenvalue weighted by atomic mass is 16.3. The fourth-order valence-corrected chi connectivity index (χ4v) is 1.76. The van der Waals surface area contributed by atoms with E-state index in [2.05, 4.69) is 23.1 Å². The van der Waals surface area contributed by atoms with Crippen LogP contribution in [0.5, 0.6) is 0 Å². The lowest BCUT2D eigenvalue weighted by Crippen LogP contribution is -2.06. The van der Waals surface area contributed by atoms with Crippen molar-refractivity contribution in [3.05, 3.63) is 35.7 Å². The third kappa shape index (κ3) is 2.14. The Hall–Kier alpha value is -1.62. The lowest BCUT2D eigenvalue weighted by molar-refractivity contribution is 0.277. The van der Waals surface area contributed by atoms with Gasteiger partial charge in [0.05, 0.1) is 36.6 Å². The highest BCUT2D eigenvalue weighted by Gasteiger charge is 2.05. The average molecular weight is 220 g/mol.